The standard InChI is InChI=1S/C11H8N2O5S/c14-8(15)5-13-11(16)9-10(19(13,17)18)6-3-1-2-4-7(6)12-9/h1-4,12H,5H2,(H,14,15). The van der Waals surface area contributed by atoms with Crippen molar-refractivity contribution < 1.29 is 23.1 Å². The largest absolute Gasteiger partial charge is 0.480 e. The summed E-state index contributed by atoms with van der Waals surface area (Å²) in [4.78, 5) is 25.2. The molecule has 1 aromatic heterocycles. The second-order valence-electron chi connectivity index (χ2n) is 4.09. The second kappa shape index (κ2) is 3.58. The van der Waals surface area contributed by atoms with Crippen molar-refractivity contribution >= 4 is 32.8 Å². The number of amides is 1. The first-order valence-electron chi connectivity index (χ1n) is 5.32. The fourth-order valence-electron chi connectivity index (χ4n) is 2.16. The lowest BCUT2D eigenvalue weighted by Gasteiger charge is -2.12. The Morgan fingerprint density at radius 3 is 2.68 bits per heavy atom. The Labute approximate surface area is 107 Å². The molecule has 3 rings (SSSR count). The maximum Gasteiger partial charge on any atom is 0.324 e. The van der Waals surface area contributed by atoms with E-state index in [1.807, 2.05) is 0 Å². The van der Waals surface area contributed by atoms with Crippen molar-refractivity contribution in [2.75, 3.05) is 6.54 Å². The number of para-hydroxylation sites is 1. The number of nitrogens with zero attached hydrogens (tertiary/aromatic N) is 1. The highest BCUT2D eigenvalue weighted by molar-refractivity contribution is 7.90. The Hall–Kier alpha value is -2.35. The van der Waals surface area contributed by atoms with Gasteiger partial charge in [0.15, 0.2) is 0 Å². The van der Waals surface area contributed by atoms with Crippen LogP contribution < -0.4 is 0 Å². The van der Waals surface area contributed by atoms with Crippen molar-refractivity contribution in [2.45, 2.75) is 4.90 Å². The molecule has 1 aliphatic heterocycles. The van der Waals surface area contributed by atoms with E-state index in [1.165, 1.54) is 0 Å². The van der Waals surface area contributed by atoms with E-state index in [2.05, 4.69) is 4.98 Å². The van der Waals surface area contributed by atoms with E-state index in [1.54, 1.807) is 24.3 Å². The molecule has 0 unspecified atom stereocenters. The molecule has 2 aromatic rings. The van der Waals surface area contributed by atoms with Crippen LogP contribution in [0.3, 0.4) is 0 Å². The van der Waals surface area contributed by atoms with Gasteiger partial charge in [-0.25, -0.2) is 12.7 Å². The molecule has 2 heterocycles. The van der Waals surface area contributed by atoms with Gasteiger partial charge in [0.05, 0.1) is 0 Å². The highest BCUT2D eigenvalue weighted by atomic mass is 32.2. The van der Waals surface area contributed by atoms with E-state index in [0.29, 0.717) is 15.2 Å². The summed E-state index contributed by atoms with van der Waals surface area (Å²) in [6.45, 7) is -0.877. The molecule has 2 N–H and O–H groups in total. The monoisotopic (exact) mass is 280 g/mol. The molecular formula is C11H8N2O5S. The fraction of sp³-hybridized carbons (Fsp3) is 0.0909. The number of rotatable bonds is 2. The van der Waals surface area contributed by atoms with Gasteiger partial charge in [-0.15, -0.1) is 0 Å². The van der Waals surface area contributed by atoms with Crippen molar-refractivity contribution in [1.82, 2.24) is 9.29 Å². The summed E-state index contributed by atoms with van der Waals surface area (Å²) in [5.74, 6) is -2.22. The third-order valence-corrected chi connectivity index (χ3v) is 4.74. The van der Waals surface area contributed by atoms with Gasteiger partial charge in [0, 0.05) is 10.9 Å². The van der Waals surface area contributed by atoms with Crippen LogP contribution in [0.5, 0.6) is 0 Å². The first kappa shape index (κ1) is 11.7. The molecular weight excluding hydrogens is 272 g/mol. The second-order valence-corrected chi connectivity index (χ2v) is 5.88. The zero-order chi connectivity index (χ0) is 13.8. The number of carboxylic acid groups (broad SMARTS) is 1. The molecule has 0 bridgehead atoms. The Bertz CT molecular complexity index is 821. The molecule has 0 atom stereocenters. The molecule has 0 aliphatic carbocycles. The maximum absolute atomic E-state index is 12.2. The van der Waals surface area contributed by atoms with Gasteiger partial charge in [0.1, 0.15) is 17.1 Å². The molecule has 1 aliphatic rings. The van der Waals surface area contributed by atoms with E-state index >= 15 is 0 Å². The third-order valence-electron chi connectivity index (χ3n) is 2.93. The SMILES string of the molecule is O=C(O)CN1C(=O)c2[nH]c3ccccc3c2S1(=O)=O. The number of carboxylic acids is 1. The number of H-pyrrole nitrogens is 1. The van der Waals surface area contributed by atoms with E-state index < -0.39 is 28.4 Å². The summed E-state index contributed by atoms with van der Waals surface area (Å²) < 4.78 is 24.8. The van der Waals surface area contributed by atoms with Crippen LogP contribution in [-0.4, -0.2) is 41.2 Å². The van der Waals surface area contributed by atoms with E-state index in [4.69, 9.17) is 5.11 Å². The van der Waals surface area contributed by atoms with Crippen LogP contribution in [0.2, 0.25) is 0 Å². The van der Waals surface area contributed by atoms with Gasteiger partial charge in [-0.05, 0) is 6.07 Å². The van der Waals surface area contributed by atoms with E-state index in [0.717, 1.165) is 0 Å². The van der Waals surface area contributed by atoms with Crippen LogP contribution in [0.15, 0.2) is 29.2 Å². The number of hydrogen-bond donors (Lipinski definition) is 2. The fourth-order valence-corrected chi connectivity index (χ4v) is 3.82. The van der Waals surface area contributed by atoms with E-state index in [-0.39, 0.29) is 10.6 Å². The molecule has 0 spiro atoms. The lowest BCUT2D eigenvalue weighted by atomic mass is 10.2. The molecule has 0 fully saturated rings. The van der Waals surface area contributed by atoms with Crippen LogP contribution in [0, 0.1) is 0 Å². The molecule has 1 amide bonds. The number of sulfonamides is 1. The molecule has 0 saturated carbocycles. The minimum Gasteiger partial charge on any atom is -0.480 e. The Morgan fingerprint density at radius 2 is 2.00 bits per heavy atom. The topological polar surface area (TPSA) is 108 Å². The number of nitrogens with one attached hydrogen (secondary N) is 1. The Kier molecular flexibility index (Phi) is 2.21. The van der Waals surface area contributed by atoms with Crippen molar-refractivity contribution in [3.8, 4) is 0 Å². The van der Waals surface area contributed by atoms with Crippen LogP contribution in [-0.2, 0) is 14.8 Å². The predicted octanol–water partition coefficient (Wildman–Crippen LogP) is 0.397. The van der Waals surface area contributed by atoms with Gasteiger partial charge in [-0.2, -0.15) is 0 Å². The normalized spacial score (nSPS) is 16.8. The van der Waals surface area contributed by atoms with Crippen molar-refractivity contribution in [3.63, 3.8) is 0 Å². The lowest BCUT2D eigenvalue weighted by Crippen LogP contribution is -2.35. The number of carbonyl (C=O) groups is 2. The van der Waals surface area contributed by atoms with Crippen molar-refractivity contribution in [1.29, 1.82) is 0 Å². The highest BCUT2D eigenvalue weighted by Gasteiger charge is 2.45. The summed E-state index contributed by atoms with van der Waals surface area (Å²) in [5, 5.41) is 9.07. The van der Waals surface area contributed by atoms with Crippen molar-refractivity contribution in [3.05, 3.63) is 30.0 Å². The quantitative estimate of drug-likeness (QED) is 0.827. The van der Waals surface area contributed by atoms with Crippen LogP contribution in [0.1, 0.15) is 10.5 Å². The zero-order valence-corrected chi connectivity index (χ0v) is 10.3. The zero-order valence-electron chi connectivity index (χ0n) is 9.45. The number of aliphatic carboxylic acids is 1. The number of carbonyl (C=O) groups excluding carboxylic acids is 1. The minimum atomic E-state index is -4.10. The average Bonchev–Trinajstić information content (AvgIpc) is 2.81. The predicted molar refractivity (Wildman–Crippen MR) is 64.2 cm³/mol. The summed E-state index contributed by atoms with van der Waals surface area (Å²) in [6.07, 6.45) is 0. The maximum atomic E-state index is 12.2. The van der Waals surface area contributed by atoms with Gasteiger partial charge < -0.3 is 10.1 Å². The molecule has 7 nitrogen and oxygen atoms in total. The number of aromatic amines is 1. The smallest absolute Gasteiger partial charge is 0.324 e. The number of aromatic nitrogens is 1. The van der Waals surface area contributed by atoms with Crippen LogP contribution in [0.4, 0.5) is 0 Å². The highest BCUT2D eigenvalue weighted by Crippen LogP contribution is 2.35. The Balaban J connectivity index is 2.29. The van der Waals surface area contributed by atoms with Gasteiger partial charge in [0.25, 0.3) is 15.9 Å². The van der Waals surface area contributed by atoms with Gasteiger partial charge in [0.2, 0.25) is 0 Å². The number of fused-ring (bicyclic) bond motifs is 3. The Morgan fingerprint density at radius 1 is 1.32 bits per heavy atom. The summed E-state index contributed by atoms with van der Waals surface area (Å²) in [7, 11) is -4.10. The third kappa shape index (κ3) is 1.46. The van der Waals surface area contributed by atoms with Crippen LogP contribution in [0.25, 0.3) is 10.9 Å². The average molecular weight is 280 g/mol. The molecule has 1 aromatic carbocycles. The molecule has 0 saturated heterocycles. The van der Waals surface area contributed by atoms with E-state index in [9.17, 15) is 18.0 Å². The van der Waals surface area contributed by atoms with Crippen molar-refractivity contribution in [2.24, 2.45) is 0 Å². The minimum absolute atomic E-state index is 0.0811. The number of benzene rings is 1. The first-order valence-corrected chi connectivity index (χ1v) is 6.76. The molecule has 8 heteroatoms. The van der Waals surface area contributed by atoms with Crippen LogP contribution >= 0.6 is 0 Å². The molecule has 0 radical (unpaired) electrons. The van der Waals surface area contributed by atoms with Gasteiger partial charge in [-0.1, -0.05) is 18.2 Å². The molecule has 19 heavy (non-hydrogen) atoms. The summed E-state index contributed by atoms with van der Waals surface area (Å²) >= 11 is 0. The lowest BCUT2D eigenvalue weighted by molar-refractivity contribution is -0.136. The van der Waals surface area contributed by atoms with Gasteiger partial charge >= 0.3 is 5.97 Å². The molecule has 98 valence electrons. The summed E-state index contributed by atoms with van der Waals surface area (Å²) in [5.41, 5.74) is 0.446. The van der Waals surface area contributed by atoms with Gasteiger partial charge in [-0.3, -0.25) is 9.59 Å². The summed E-state index contributed by atoms with van der Waals surface area (Å²) in [6, 6.07) is 6.58. The number of hydrogen-bond acceptors (Lipinski definition) is 4. The first-order chi connectivity index (χ1) is 8.93.